The largest absolute Gasteiger partial charge is 0.454 e. The minimum Gasteiger partial charge on any atom is -0.454 e. The van der Waals surface area contributed by atoms with Gasteiger partial charge in [-0.3, -0.25) is 9.98 Å². The third-order valence-electron chi connectivity index (χ3n) is 4.11. The average molecular weight is 508 g/mol. The van der Waals surface area contributed by atoms with Gasteiger partial charge in [-0.25, -0.2) is 0 Å². The topological polar surface area (TPSA) is 107 Å². The fourth-order valence-electron chi connectivity index (χ4n) is 2.70. The first-order valence-corrected chi connectivity index (χ1v) is 8.89. The quantitative estimate of drug-likeness (QED) is 0.297. The Morgan fingerprint density at radius 2 is 2.03 bits per heavy atom. The molecule has 0 bridgehead atoms. The van der Waals surface area contributed by atoms with Crippen molar-refractivity contribution in [1.82, 2.24) is 25.8 Å². The van der Waals surface area contributed by atoms with Crippen molar-refractivity contribution in [1.29, 1.82) is 0 Å². The van der Waals surface area contributed by atoms with Gasteiger partial charge in [-0.05, 0) is 29.8 Å². The predicted octanol–water partition coefficient (Wildman–Crippen LogP) is 2.39. The van der Waals surface area contributed by atoms with Crippen LogP contribution >= 0.6 is 24.0 Å². The molecule has 1 aromatic carbocycles. The lowest BCUT2D eigenvalue weighted by atomic mass is 10.2. The van der Waals surface area contributed by atoms with Gasteiger partial charge in [-0.15, -0.1) is 24.0 Å². The summed E-state index contributed by atoms with van der Waals surface area (Å²) in [6.45, 7) is 1.50. The van der Waals surface area contributed by atoms with E-state index in [-0.39, 0.29) is 30.8 Å². The molecular weight excluding hydrogens is 487 g/mol. The molecule has 0 spiro atoms. The van der Waals surface area contributed by atoms with E-state index in [1.807, 2.05) is 36.4 Å². The lowest BCUT2D eigenvalue weighted by Gasteiger charge is -2.11. The number of benzene rings is 1. The van der Waals surface area contributed by atoms with Gasteiger partial charge in [-0.1, -0.05) is 17.3 Å². The number of nitrogens with zero attached hydrogens (tertiary/aromatic N) is 4. The molecule has 0 saturated carbocycles. The number of aliphatic imine (C=N–C) groups is 1. The van der Waals surface area contributed by atoms with Gasteiger partial charge in [-0.2, -0.15) is 4.98 Å². The number of pyridine rings is 1. The molecule has 4 rings (SSSR count). The molecule has 2 aromatic heterocycles. The third kappa shape index (κ3) is 5.34. The second kappa shape index (κ2) is 10.0. The van der Waals surface area contributed by atoms with Crippen molar-refractivity contribution in [3.63, 3.8) is 0 Å². The summed E-state index contributed by atoms with van der Waals surface area (Å²) in [5, 5.41) is 10.5. The van der Waals surface area contributed by atoms with E-state index >= 15 is 0 Å². The Morgan fingerprint density at radius 1 is 1.14 bits per heavy atom. The summed E-state index contributed by atoms with van der Waals surface area (Å²) in [4.78, 5) is 12.8. The van der Waals surface area contributed by atoms with Crippen LogP contribution in [0.2, 0.25) is 0 Å². The van der Waals surface area contributed by atoms with Crippen LogP contribution in [0.4, 0.5) is 0 Å². The lowest BCUT2D eigenvalue weighted by Crippen LogP contribution is -2.37. The van der Waals surface area contributed by atoms with Crippen LogP contribution in [-0.4, -0.2) is 41.5 Å². The molecule has 1 aliphatic rings. The molecule has 0 aliphatic carbocycles. The molecule has 0 unspecified atom stereocenters. The normalized spacial score (nSPS) is 12.4. The first-order chi connectivity index (χ1) is 13.8. The first-order valence-electron chi connectivity index (χ1n) is 8.89. The van der Waals surface area contributed by atoms with E-state index in [0.29, 0.717) is 42.9 Å². The molecule has 29 heavy (non-hydrogen) atoms. The Labute approximate surface area is 184 Å². The number of aromatic nitrogens is 3. The summed E-state index contributed by atoms with van der Waals surface area (Å²) >= 11 is 0. The van der Waals surface area contributed by atoms with E-state index in [2.05, 4.69) is 30.8 Å². The second-order valence-electron chi connectivity index (χ2n) is 6.02. The van der Waals surface area contributed by atoms with Crippen LogP contribution in [0.5, 0.6) is 11.5 Å². The maximum absolute atomic E-state index is 5.40. The van der Waals surface area contributed by atoms with Gasteiger partial charge >= 0.3 is 0 Å². The van der Waals surface area contributed by atoms with E-state index in [0.717, 1.165) is 17.1 Å². The van der Waals surface area contributed by atoms with Crippen molar-refractivity contribution in [3.8, 4) is 23.1 Å². The SMILES string of the molecule is CN=C(NCCc1noc(-c2ccccn2)n1)NCc1ccc2c(c1)OCO2.I. The first kappa shape index (κ1) is 20.8. The van der Waals surface area contributed by atoms with Crippen molar-refractivity contribution >= 4 is 29.9 Å². The molecule has 10 heteroatoms. The zero-order chi connectivity index (χ0) is 19.2. The number of hydrogen-bond acceptors (Lipinski definition) is 7. The van der Waals surface area contributed by atoms with Gasteiger partial charge in [0.25, 0.3) is 5.89 Å². The van der Waals surface area contributed by atoms with E-state index in [1.54, 1.807) is 13.2 Å². The molecule has 3 heterocycles. The molecule has 3 aromatic rings. The van der Waals surface area contributed by atoms with Crippen molar-refractivity contribution in [2.75, 3.05) is 20.4 Å². The number of guanidine groups is 1. The van der Waals surface area contributed by atoms with Crippen molar-refractivity contribution in [3.05, 3.63) is 54.0 Å². The number of hydrogen-bond donors (Lipinski definition) is 2. The zero-order valence-corrected chi connectivity index (χ0v) is 18.1. The molecule has 9 nitrogen and oxygen atoms in total. The Kier molecular flexibility index (Phi) is 7.22. The summed E-state index contributed by atoms with van der Waals surface area (Å²) in [5.41, 5.74) is 1.74. The summed E-state index contributed by atoms with van der Waals surface area (Å²) in [6, 6.07) is 11.4. The van der Waals surface area contributed by atoms with Gasteiger partial charge < -0.3 is 24.6 Å². The van der Waals surface area contributed by atoms with Crippen LogP contribution in [0.15, 0.2) is 52.1 Å². The second-order valence-corrected chi connectivity index (χ2v) is 6.02. The molecule has 0 saturated heterocycles. The third-order valence-corrected chi connectivity index (χ3v) is 4.11. The Balaban J connectivity index is 0.00000240. The summed E-state index contributed by atoms with van der Waals surface area (Å²) in [5.74, 6) is 3.26. The van der Waals surface area contributed by atoms with E-state index in [9.17, 15) is 0 Å². The highest BCUT2D eigenvalue weighted by Gasteiger charge is 2.13. The molecule has 152 valence electrons. The molecule has 0 atom stereocenters. The monoisotopic (exact) mass is 508 g/mol. The van der Waals surface area contributed by atoms with Crippen LogP contribution in [0, 0.1) is 0 Å². The van der Waals surface area contributed by atoms with Crippen molar-refractivity contribution in [2.45, 2.75) is 13.0 Å². The van der Waals surface area contributed by atoms with E-state index in [4.69, 9.17) is 14.0 Å². The highest BCUT2D eigenvalue weighted by Crippen LogP contribution is 2.32. The molecule has 0 radical (unpaired) electrons. The zero-order valence-electron chi connectivity index (χ0n) is 15.8. The average Bonchev–Trinajstić information content (AvgIpc) is 3.40. The number of rotatable bonds is 6. The summed E-state index contributed by atoms with van der Waals surface area (Å²) < 4.78 is 16.0. The number of nitrogens with one attached hydrogen (secondary N) is 2. The van der Waals surface area contributed by atoms with Gasteiger partial charge in [0, 0.05) is 32.8 Å². The molecule has 1 aliphatic heterocycles. The van der Waals surface area contributed by atoms with Gasteiger partial charge in [0.05, 0.1) is 0 Å². The standard InChI is InChI=1S/C19H20N6O3.HI/c1-20-19(23-11-13-5-6-15-16(10-13)27-12-26-15)22-9-7-17-24-18(28-25-17)14-4-2-3-8-21-14;/h2-6,8,10H,7,9,11-12H2,1H3,(H2,20,22,23);1H. The highest BCUT2D eigenvalue weighted by molar-refractivity contribution is 14.0. The van der Waals surface area contributed by atoms with Crippen LogP contribution in [-0.2, 0) is 13.0 Å². The van der Waals surface area contributed by atoms with Crippen molar-refractivity contribution < 1.29 is 14.0 Å². The van der Waals surface area contributed by atoms with E-state index in [1.165, 1.54) is 0 Å². The summed E-state index contributed by atoms with van der Waals surface area (Å²) in [6.07, 6.45) is 2.29. The van der Waals surface area contributed by atoms with Crippen LogP contribution < -0.4 is 20.1 Å². The number of fused-ring (bicyclic) bond motifs is 1. The minimum atomic E-state index is 0. The molecular formula is C19H21IN6O3. The maximum atomic E-state index is 5.40. The maximum Gasteiger partial charge on any atom is 0.276 e. The Hall–Kier alpha value is -2.89. The number of ether oxygens (including phenoxy) is 2. The fraction of sp³-hybridized carbons (Fsp3) is 0.263. The van der Waals surface area contributed by atoms with Crippen LogP contribution in [0.1, 0.15) is 11.4 Å². The Morgan fingerprint density at radius 3 is 2.86 bits per heavy atom. The van der Waals surface area contributed by atoms with Crippen LogP contribution in [0.25, 0.3) is 11.6 Å². The Bertz CT molecular complexity index is 964. The van der Waals surface area contributed by atoms with E-state index < -0.39 is 0 Å². The van der Waals surface area contributed by atoms with Crippen LogP contribution in [0.3, 0.4) is 0 Å². The minimum absolute atomic E-state index is 0. The fourth-order valence-corrected chi connectivity index (χ4v) is 2.70. The lowest BCUT2D eigenvalue weighted by molar-refractivity contribution is 0.174. The molecule has 2 N–H and O–H groups in total. The number of halogens is 1. The molecule has 0 amide bonds. The molecule has 0 fully saturated rings. The smallest absolute Gasteiger partial charge is 0.276 e. The predicted molar refractivity (Wildman–Crippen MR) is 117 cm³/mol. The van der Waals surface area contributed by atoms with Gasteiger partial charge in [0.2, 0.25) is 6.79 Å². The summed E-state index contributed by atoms with van der Waals surface area (Å²) in [7, 11) is 1.72. The van der Waals surface area contributed by atoms with Gasteiger partial charge in [0.15, 0.2) is 23.3 Å². The highest BCUT2D eigenvalue weighted by atomic mass is 127. The van der Waals surface area contributed by atoms with Gasteiger partial charge in [0.1, 0.15) is 5.69 Å². The van der Waals surface area contributed by atoms with Crippen molar-refractivity contribution in [2.24, 2.45) is 4.99 Å².